The first-order chi connectivity index (χ1) is 10.7. The van der Waals surface area contributed by atoms with Crippen molar-refractivity contribution in [1.29, 1.82) is 0 Å². The lowest BCUT2D eigenvalue weighted by atomic mass is 9.98. The lowest BCUT2D eigenvalue weighted by Crippen LogP contribution is -2.39. The summed E-state index contributed by atoms with van der Waals surface area (Å²) in [6, 6.07) is 3.17. The van der Waals surface area contributed by atoms with Gasteiger partial charge in [0.05, 0.1) is 13.0 Å². The van der Waals surface area contributed by atoms with Gasteiger partial charge in [-0.3, -0.25) is 4.79 Å². The number of aromatic nitrogens is 4. The van der Waals surface area contributed by atoms with Crippen molar-refractivity contribution in [1.82, 2.24) is 25.3 Å². The molecule has 0 bridgehead atoms. The number of nitrogens with one attached hydrogen (secondary N) is 1. The topological polar surface area (TPSA) is 114 Å². The van der Waals surface area contributed by atoms with E-state index in [1.807, 2.05) is 0 Å². The molecule has 1 amide bonds. The van der Waals surface area contributed by atoms with Crippen LogP contribution < -0.4 is 10.5 Å². The first kappa shape index (κ1) is 14.2. The van der Waals surface area contributed by atoms with Crippen LogP contribution in [0.1, 0.15) is 35.1 Å². The van der Waals surface area contributed by atoms with Crippen LogP contribution in [-0.2, 0) is 0 Å². The molecule has 2 aromatic rings. The van der Waals surface area contributed by atoms with Crippen molar-refractivity contribution < 1.29 is 13.9 Å². The number of hydrogen-bond acceptors (Lipinski definition) is 7. The molecule has 9 heteroatoms. The number of likely N-dealkylation sites (tertiary alicyclic amines) is 1. The molecule has 0 aliphatic carbocycles. The number of piperidine rings is 1. The molecule has 22 heavy (non-hydrogen) atoms. The highest BCUT2D eigenvalue weighted by Gasteiger charge is 2.29. The first-order valence-corrected chi connectivity index (χ1v) is 6.90. The predicted octanol–water partition coefficient (Wildman–Crippen LogP) is 0.181. The Morgan fingerprint density at radius 2 is 2.32 bits per heavy atom. The number of carbonyl (C=O) groups excluding carboxylic acids is 1. The summed E-state index contributed by atoms with van der Waals surface area (Å²) in [6.45, 7) is 1.05. The van der Waals surface area contributed by atoms with Gasteiger partial charge in [0.2, 0.25) is 11.8 Å². The molecule has 0 saturated carbocycles. The van der Waals surface area contributed by atoms with Crippen LogP contribution in [0.3, 0.4) is 0 Å². The predicted molar refractivity (Wildman–Crippen MR) is 73.6 cm³/mol. The van der Waals surface area contributed by atoms with Crippen molar-refractivity contribution in [3.63, 3.8) is 0 Å². The molecule has 0 aromatic carbocycles. The fraction of sp³-hybridized carbons (Fsp3) is 0.462. The molecule has 1 fully saturated rings. The smallest absolute Gasteiger partial charge is 0.434 e. The zero-order valence-electron chi connectivity index (χ0n) is 12.0. The fourth-order valence-corrected chi connectivity index (χ4v) is 2.48. The molecular formula is C13H15N5O4. The van der Waals surface area contributed by atoms with Gasteiger partial charge < -0.3 is 14.1 Å². The normalized spacial score (nSPS) is 18.2. The van der Waals surface area contributed by atoms with Gasteiger partial charge in [0.25, 0.3) is 5.91 Å². The van der Waals surface area contributed by atoms with E-state index in [0.29, 0.717) is 24.9 Å². The number of amides is 1. The lowest BCUT2D eigenvalue weighted by Gasteiger charge is -2.30. The van der Waals surface area contributed by atoms with E-state index in [2.05, 4.69) is 20.4 Å². The monoisotopic (exact) mass is 305 g/mol. The number of ether oxygens (including phenoxy) is 1. The Kier molecular flexibility index (Phi) is 3.86. The van der Waals surface area contributed by atoms with Gasteiger partial charge in [0.15, 0.2) is 5.69 Å². The van der Waals surface area contributed by atoms with Crippen molar-refractivity contribution in [3.8, 4) is 5.88 Å². The van der Waals surface area contributed by atoms with Crippen LogP contribution in [0, 0.1) is 0 Å². The molecule has 0 radical (unpaired) electrons. The standard InChI is InChI=1S/C13H15N5O4/c1-21-10-5-4-9(14-15-10)12(19)18-6-2-3-8(7-18)11-16-17-13(20)22-11/h4-5,8H,2-3,6-7H2,1H3,(H,17,20). The molecule has 2 aromatic heterocycles. The Labute approximate surface area is 125 Å². The zero-order valence-corrected chi connectivity index (χ0v) is 12.0. The molecule has 1 saturated heterocycles. The van der Waals surface area contributed by atoms with Gasteiger partial charge >= 0.3 is 5.76 Å². The molecule has 1 aliphatic heterocycles. The summed E-state index contributed by atoms with van der Waals surface area (Å²) in [5.74, 6) is -0.199. The largest absolute Gasteiger partial charge is 0.480 e. The summed E-state index contributed by atoms with van der Waals surface area (Å²) >= 11 is 0. The first-order valence-electron chi connectivity index (χ1n) is 6.90. The van der Waals surface area contributed by atoms with Crippen LogP contribution in [0.25, 0.3) is 0 Å². The van der Waals surface area contributed by atoms with Gasteiger partial charge in [-0.15, -0.1) is 15.3 Å². The van der Waals surface area contributed by atoms with E-state index in [1.54, 1.807) is 17.0 Å². The van der Waals surface area contributed by atoms with Crippen molar-refractivity contribution in [2.45, 2.75) is 18.8 Å². The Hall–Kier alpha value is -2.71. The number of nitrogens with zero attached hydrogens (tertiary/aromatic N) is 4. The number of methoxy groups -OCH3 is 1. The Balaban J connectivity index is 1.73. The average Bonchev–Trinajstić information content (AvgIpc) is 3.01. The Morgan fingerprint density at radius 3 is 2.95 bits per heavy atom. The Bertz CT molecular complexity index is 708. The summed E-state index contributed by atoms with van der Waals surface area (Å²) in [4.78, 5) is 25.1. The number of hydrogen-bond donors (Lipinski definition) is 1. The molecule has 116 valence electrons. The van der Waals surface area contributed by atoms with Crippen LogP contribution in [0.5, 0.6) is 5.88 Å². The second-order valence-corrected chi connectivity index (χ2v) is 5.00. The number of carbonyl (C=O) groups is 1. The molecule has 0 spiro atoms. The van der Waals surface area contributed by atoms with Crippen LogP contribution in [0.15, 0.2) is 21.3 Å². The SMILES string of the molecule is COc1ccc(C(=O)N2CCCC(c3n[nH]c(=O)o3)C2)nn1. The molecule has 9 nitrogen and oxygen atoms in total. The number of rotatable bonds is 3. The second-order valence-electron chi connectivity index (χ2n) is 5.00. The molecule has 1 atom stereocenters. The van der Waals surface area contributed by atoms with Crippen LogP contribution in [0.4, 0.5) is 0 Å². The highest BCUT2D eigenvalue weighted by Crippen LogP contribution is 2.25. The molecule has 1 unspecified atom stereocenters. The zero-order chi connectivity index (χ0) is 15.5. The molecule has 3 rings (SSSR count). The highest BCUT2D eigenvalue weighted by atomic mass is 16.5. The van der Waals surface area contributed by atoms with Crippen LogP contribution in [0.2, 0.25) is 0 Å². The van der Waals surface area contributed by atoms with Crippen molar-refractivity contribution in [2.75, 3.05) is 20.2 Å². The van der Waals surface area contributed by atoms with Crippen LogP contribution >= 0.6 is 0 Å². The minimum Gasteiger partial charge on any atom is -0.480 e. The van der Waals surface area contributed by atoms with E-state index in [9.17, 15) is 9.59 Å². The van der Waals surface area contributed by atoms with E-state index in [1.165, 1.54) is 7.11 Å². The number of aromatic amines is 1. The van der Waals surface area contributed by atoms with Gasteiger partial charge in [0, 0.05) is 19.2 Å². The maximum atomic E-state index is 12.4. The molecule has 1 N–H and O–H groups in total. The van der Waals surface area contributed by atoms with E-state index in [0.717, 1.165) is 12.8 Å². The maximum Gasteiger partial charge on any atom is 0.434 e. The van der Waals surface area contributed by atoms with Gasteiger partial charge in [-0.05, 0) is 18.9 Å². The van der Waals surface area contributed by atoms with E-state index >= 15 is 0 Å². The second kappa shape index (κ2) is 5.96. The van der Waals surface area contributed by atoms with Crippen LogP contribution in [-0.4, -0.2) is 51.4 Å². The van der Waals surface area contributed by atoms with E-state index in [4.69, 9.17) is 9.15 Å². The fourth-order valence-electron chi connectivity index (χ4n) is 2.48. The van der Waals surface area contributed by atoms with Crippen molar-refractivity contribution in [3.05, 3.63) is 34.3 Å². The van der Waals surface area contributed by atoms with E-state index in [-0.39, 0.29) is 17.5 Å². The maximum absolute atomic E-state index is 12.4. The average molecular weight is 305 g/mol. The van der Waals surface area contributed by atoms with Gasteiger partial charge in [-0.1, -0.05) is 0 Å². The third kappa shape index (κ3) is 2.83. The molecule has 3 heterocycles. The summed E-state index contributed by atoms with van der Waals surface area (Å²) in [7, 11) is 1.48. The number of H-pyrrole nitrogens is 1. The molecular weight excluding hydrogens is 290 g/mol. The summed E-state index contributed by atoms with van der Waals surface area (Å²) < 4.78 is 9.90. The Morgan fingerprint density at radius 1 is 1.45 bits per heavy atom. The van der Waals surface area contributed by atoms with E-state index < -0.39 is 5.76 Å². The van der Waals surface area contributed by atoms with Crippen molar-refractivity contribution in [2.24, 2.45) is 0 Å². The summed E-state index contributed by atoms with van der Waals surface area (Å²) in [5, 5.41) is 13.7. The molecule has 1 aliphatic rings. The summed E-state index contributed by atoms with van der Waals surface area (Å²) in [6.07, 6.45) is 1.61. The summed E-state index contributed by atoms with van der Waals surface area (Å²) in [5.41, 5.74) is 0.255. The van der Waals surface area contributed by atoms with Gasteiger partial charge in [0.1, 0.15) is 0 Å². The third-order valence-corrected chi connectivity index (χ3v) is 3.58. The van der Waals surface area contributed by atoms with Crippen molar-refractivity contribution >= 4 is 5.91 Å². The van der Waals surface area contributed by atoms with Gasteiger partial charge in [-0.25, -0.2) is 9.89 Å². The van der Waals surface area contributed by atoms with Gasteiger partial charge in [-0.2, -0.15) is 0 Å². The minimum absolute atomic E-state index is 0.0946. The quantitative estimate of drug-likeness (QED) is 0.860. The third-order valence-electron chi connectivity index (χ3n) is 3.58. The lowest BCUT2D eigenvalue weighted by molar-refractivity contribution is 0.0690. The highest BCUT2D eigenvalue weighted by molar-refractivity contribution is 5.92. The minimum atomic E-state index is -0.584.